The molecule has 0 unspecified atom stereocenters. The maximum Gasteiger partial charge on any atom is 0.120 e. The molecule has 0 saturated heterocycles. The van der Waals surface area contributed by atoms with E-state index in [1.165, 1.54) is 18.4 Å². The number of hydrogen-bond acceptors (Lipinski definition) is 2. The number of hydrogen-bond donors (Lipinski definition) is 1. The molecule has 0 fully saturated rings. The van der Waals surface area contributed by atoms with Gasteiger partial charge in [-0.3, -0.25) is 0 Å². The maximum absolute atomic E-state index is 6.23. The van der Waals surface area contributed by atoms with E-state index in [0.29, 0.717) is 0 Å². The van der Waals surface area contributed by atoms with Crippen LogP contribution in [0, 0.1) is 0 Å². The van der Waals surface area contributed by atoms with Crippen LogP contribution < -0.4 is 10.5 Å². The molecule has 2 rings (SSSR count). The van der Waals surface area contributed by atoms with Gasteiger partial charge >= 0.3 is 0 Å². The Hall–Kier alpha value is -0.730. The third-order valence-corrected chi connectivity index (χ3v) is 3.37. The maximum atomic E-state index is 6.23. The summed E-state index contributed by atoms with van der Waals surface area (Å²) in [5, 5.41) is 0.793. The molecule has 2 nitrogen and oxygen atoms in total. The summed E-state index contributed by atoms with van der Waals surface area (Å²) in [7, 11) is 1.65. The van der Waals surface area contributed by atoms with Crippen molar-refractivity contribution in [2.45, 2.75) is 31.7 Å². The van der Waals surface area contributed by atoms with Crippen LogP contribution >= 0.6 is 11.6 Å². The first-order valence-corrected chi connectivity index (χ1v) is 5.72. The second-order valence-electron chi connectivity index (χ2n) is 4.03. The molecule has 0 heterocycles. The standard InChI is InChI=1S/C12H16ClNO/c1-15-8-6-10-9(11(13)7-8)4-2-3-5-12(10)14/h6-7,12H,2-5,14H2,1H3/t12-/m1/s1. The SMILES string of the molecule is COc1cc(Cl)c2c(c1)[C@H](N)CCCC2. The summed E-state index contributed by atoms with van der Waals surface area (Å²) < 4.78 is 5.21. The molecule has 0 amide bonds. The molecule has 0 bridgehead atoms. The van der Waals surface area contributed by atoms with Crippen LogP contribution in [0.15, 0.2) is 12.1 Å². The Morgan fingerprint density at radius 1 is 1.40 bits per heavy atom. The van der Waals surface area contributed by atoms with Crippen molar-refractivity contribution in [3.8, 4) is 5.75 Å². The van der Waals surface area contributed by atoms with Crippen molar-refractivity contribution in [1.29, 1.82) is 0 Å². The lowest BCUT2D eigenvalue weighted by Gasteiger charge is -2.15. The summed E-state index contributed by atoms with van der Waals surface area (Å²) in [6.45, 7) is 0. The van der Waals surface area contributed by atoms with Gasteiger partial charge in [0.15, 0.2) is 0 Å². The second-order valence-corrected chi connectivity index (χ2v) is 4.44. The highest BCUT2D eigenvalue weighted by atomic mass is 35.5. The van der Waals surface area contributed by atoms with Crippen molar-refractivity contribution >= 4 is 11.6 Å². The van der Waals surface area contributed by atoms with E-state index in [-0.39, 0.29) is 6.04 Å². The summed E-state index contributed by atoms with van der Waals surface area (Å²) >= 11 is 6.23. The highest BCUT2D eigenvalue weighted by Crippen LogP contribution is 2.34. The van der Waals surface area contributed by atoms with Gasteiger partial charge in [0.2, 0.25) is 0 Å². The van der Waals surface area contributed by atoms with Crippen molar-refractivity contribution < 1.29 is 4.74 Å². The third-order valence-electron chi connectivity index (χ3n) is 3.03. The van der Waals surface area contributed by atoms with Gasteiger partial charge in [-0.1, -0.05) is 18.0 Å². The van der Waals surface area contributed by atoms with Gasteiger partial charge in [-0.05, 0) is 42.5 Å². The summed E-state index contributed by atoms with van der Waals surface area (Å²) in [5.74, 6) is 0.802. The Kier molecular flexibility index (Phi) is 3.17. The highest BCUT2D eigenvalue weighted by Gasteiger charge is 2.18. The van der Waals surface area contributed by atoms with Gasteiger partial charge in [0.25, 0.3) is 0 Å². The molecule has 1 aromatic rings. The van der Waals surface area contributed by atoms with E-state index in [4.69, 9.17) is 22.1 Å². The van der Waals surface area contributed by atoms with Crippen molar-refractivity contribution in [3.05, 3.63) is 28.3 Å². The van der Waals surface area contributed by atoms with Crippen molar-refractivity contribution in [3.63, 3.8) is 0 Å². The van der Waals surface area contributed by atoms with Crippen molar-refractivity contribution in [1.82, 2.24) is 0 Å². The lowest BCUT2D eigenvalue weighted by atomic mass is 9.99. The fraction of sp³-hybridized carbons (Fsp3) is 0.500. The van der Waals surface area contributed by atoms with E-state index in [1.54, 1.807) is 7.11 Å². The fourth-order valence-electron chi connectivity index (χ4n) is 2.17. The van der Waals surface area contributed by atoms with Crippen LogP contribution in [-0.2, 0) is 6.42 Å². The van der Waals surface area contributed by atoms with E-state index in [9.17, 15) is 0 Å². The Labute approximate surface area is 95.4 Å². The van der Waals surface area contributed by atoms with Crippen molar-refractivity contribution in [2.24, 2.45) is 5.73 Å². The van der Waals surface area contributed by atoms with E-state index in [0.717, 1.165) is 29.2 Å². The Morgan fingerprint density at radius 2 is 2.20 bits per heavy atom. The molecule has 0 spiro atoms. The molecule has 1 aromatic carbocycles. The van der Waals surface area contributed by atoms with E-state index >= 15 is 0 Å². The zero-order chi connectivity index (χ0) is 10.8. The topological polar surface area (TPSA) is 35.2 Å². The van der Waals surface area contributed by atoms with Crippen LogP contribution in [0.25, 0.3) is 0 Å². The number of benzene rings is 1. The van der Waals surface area contributed by atoms with Crippen LogP contribution in [-0.4, -0.2) is 7.11 Å². The van der Waals surface area contributed by atoms with Gasteiger partial charge in [0, 0.05) is 11.1 Å². The fourth-order valence-corrected chi connectivity index (χ4v) is 2.48. The summed E-state index contributed by atoms with van der Waals surface area (Å²) in [6, 6.07) is 4.01. The molecule has 15 heavy (non-hydrogen) atoms. The summed E-state index contributed by atoms with van der Waals surface area (Å²) in [5.41, 5.74) is 8.50. The number of rotatable bonds is 1. The molecular formula is C12H16ClNO. The minimum atomic E-state index is 0.107. The number of halogens is 1. The lowest BCUT2D eigenvalue weighted by molar-refractivity contribution is 0.413. The first kappa shape index (κ1) is 10.8. The Morgan fingerprint density at radius 3 is 2.93 bits per heavy atom. The lowest BCUT2D eigenvalue weighted by Crippen LogP contribution is -2.10. The molecule has 2 N–H and O–H groups in total. The molecule has 1 atom stereocenters. The zero-order valence-electron chi connectivity index (χ0n) is 8.92. The molecular weight excluding hydrogens is 210 g/mol. The number of fused-ring (bicyclic) bond motifs is 1. The van der Waals surface area contributed by atoms with Crippen LogP contribution in [0.5, 0.6) is 5.75 Å². The van der Waals surface area contributed by atoms with Crippen LogP contribution in [0.1, 0.15) is 36.4 Å². The largest absolute Gasteiger partial charge is 0.497 e. The molecule has 0 aromatic heterocycles. The molecule has 3 heteroatoms. The zero-order valence-corrected chi connectivity index (χ0v) is 9.68. The third kappa shape index (κ3) is 2.11. The van der Waals surface area contributed by atoms with E-state index < -0.39 is 0 Å². The molecule has 1 aliphatic carbocycles. The number of nitrogens with two attached hydrogens (primary N) is 1. The van der Waals surface area contributed by atoms with Gasteiger partial charge < -0.3 is 10.5 Å². The van der Waals surface area contributed by atoms with Gasteiger partial charge in [0.1, 0.15) is 5.75 Å². The molecule has 0 saturated carbocycles. The second kappa shape index (κ2) is 4.42. The number of ether oxygens (including phenoxy) is 1. The van der Waals surface area contributed by atoms with E-state index in [1.807, 2.05) is 12.1 Å². The number of methoxy groups -OCH3 is 1. The smallest absolute Gasteiger partial charge is 0.120 e. The molecule has 0 radical (unpaired) electrons. The quantitative estimate of drug-likeness (QED) is 0.746. The van der Waals surface area contributed by atoms with Crippen LogP contribution in [0.4, 0.5) is 0 Å². The average Bonchev–Trinajstić information content (AvgIpc) is 2.41. The Bertz CT molecular complexity index is 365. The minimum Gasteiger partial charge on any atom is -0.497 e. The van der Waals surface area contributed by atoms with Gasteiger partial charge in [-0.2, -0.15) is 0 Å². The summed E-state index contributed by atoms with van der Waals surface area (Å²) in [6.07, 6.45) is 4.42. The average molecular weight is 226 g/mol. The molecule has 0 aliphatic heterocycles. The normalized spacial score (nSPS) is 20.6. The highest BCUT2D eigenvalue weighted by molar-refractivity contribution is 6.31. The van der Waals surface area contributed by atoms with Crippen LogP contribution in [0.3, 0.4) is 0 Å². The van der Waals surface area contributed by atoms with Gasteiger partial charge in [-0.15, -0.1) is 0 Å². The Balaban J connectivity index is 2.50. The van der Waals surface area contributed by atoms with Crippen LogP contribution in [0.2, 0.25) is 5.02 Å². The predicted molar refractivity (Wildman–Crippen MR) is 62.5 cm³/mol. The van der Waals surface area contributed by atoms with E-state index in [2.05, 4.69) is 0 Å². The molecule has 1 aliphatic rings. The minimum absolute atomic E-state index is 0.107. The predicted octanol–water partition coefficient (Wildman–Crippen LogP) is 3.07. The van der Waals surface area contributed by atoms with Gasteiger partial charge in [0.05, 0.1) is 7.11 Å². The first-order valence-electron chi connectivity index (χ1n) is 5.34. The summed E-state index contributed by atoms with van der Waals surface area (Å²) in [4.78, 5) is 0. The first-order chi connectivity index (χ1) is 7.22. The molecule has 82 valence electrons. The monoisotopic (exact) mass is 225 g/mol. The van der Waals surface area contributed by atoms with Gasteiger partial charge in [-0.25, -0.2) is 0 Å². The van der Waals surface area contributed by atoms with Crippen molar-refractivity contribution in [2.75, 3.05) is 7.11 Å².